The number of nitrogens with one attached hydrogen (secondary N) is 1. The predicted octanol–water partition coefficient (Wildman–Crippen LogP) is 6.03. The standard InChI is InChI=1S/C21H11Cl2N3O3/c22-15-8-11(29-17-3-1-2-16-13(17)6-7-28-16)4-5-12(15)19(27)14-9-24-21-18(14)20(23)25-10-26-21/h1-10H,(H,24,25,26). The van der Waals surface area contributed by atoms with Crippen LogP contribution in [0.2, 0.25) is 10.2 Å². The third-order valence-electron chi connectivity index (χ3n) is 4.54. The summed E-state index contributed by atoms with van der Waals surface area (Å²) in [6.07, 6.45) is 4.48. The van der Waals surface area contributed by atoms with Gasteiger partial charge in [-0.2, -0.15) is 0 Å². The molecule has 0 aliphatic carbocycles. The summed E-state index contributed by atoms with van der Waals surface area (Å²) in [4.78, 5) is 24.0. The Morgan fingerprint density at radius 1 is 1.07 bits per heavy atom. The SMILES string of the molecule is O=C(c1ccc(Oc2cccc3occc23)cc1Cl)c1c[nH]c2ncnc(Cl)c12. The topological polar surface area (TPSA) is 81.0 Å². The highest BCUT2D eigenvalue weighted by atomic mass is 35.5. The highest BCUT2D eigenvalue weighted by molar-refractivity contribution is 6.38. The Bertz CT molecular complexity index is 1390. The smallest absolute Gasteiger partial charge is 0.196 e. The molecule has 5 aromatic rings. The van der Waals surface area contributed by atoms with E-state index >= 15 is 0 Å². The van der Waals surface area contributed by atoms with E-state index in [9.17, 15) is 4.79 Å². The van der Waals surface area contributed by atoms with Gasteiger partial charge in [-0.3, -0.25) is 4.79 Å². The van der Waals surface area contributed by atoms with Gasteiger partial charge in [0.05, 0.1) is 27.6 Å². The van der Waals surface area contributed by atoms with Crippen LogP contribution in [-0.4, -0.2) is 20.7 Å². The summed E-state index contributed by atoms with van der Waals surface area (Å²) < 4.78 is 11.3. The van der Waals surface area contributed by atoms with Crippen molar-refractivity contribution in [3.05, 3.63) is 82.6 Å². The molecule has 2 aromatic carbocycles. The van der Waals surface area contributed by atoms with Crippen molar-refractivity contribution in [3.8, 4) is 11.5 Å². The third kappa shape index (κ3) is 3.03. The quantitative estimate of drug-likeness (QED) is 0.281. The molecule has 0 saturated carbocycles. The predicted molar refractivity (Wildman–Crippen MR) is 110 cm³/mol. The minimum absolute atomic E-state index is 0.198. The summed E-state index contributed by atoms with van der Waals surface area (Å²) in [7, 11) is 0. The van der Waals surface area contributed by atoms with Gasteiger partial charge in [0.25, 0.3) is 0 Å². The number of carbonyl (C=O) groups is 1. The normalized spacial score (nSPS) is 11.2. The van der Waals surface area contributed by atoms with Gasteiger partial charge in [-0.25, -0.2) is 9.97 Å². The first-order valence-electron chi connectivity index (χ1n) is 8.58. The van der Waals surface area contributed by atoms with Gasteiger partial charge >= 0.3 is 0 Å². The Morgan fingerprint density at radius 3 is 2.83 bits per heavy atom. The van der Waals surface area contributed by atoms with E-state index in [0.29, 0.717) is 33.7 Å². The minimum atomic E-state index is -0.290. The first kappa shape index (κ1) is 17.7. The molecule has 29 heavy (non-hydrogen) atoms. The van der Waals surface area contributed by atoms with Crippen molar-refractivity contribution in [2.45, 2.75) is 0 Å². The van der Waals surface area contributed by atoms with Crippen LogP contribution in [0.5, 0.6) is 11.5 Å². The molecular weight excluding hydrogens is 413 g/mol. The van der Waals surface area contributed by atoms with E-state index in [0.717, 1.165) is 11.0 Å². The van der Waals surface area contributed by atoms with E-state index in [1.54, 1.807) is 30.7 Å². The number of aromatic nitrogens is 3. The largest absolute Gasteiger partial charge is 0.464 e. The number of fused-ring (bicyclic) bond motifs is 2. The van der Waals surface area contributed by atoms with Gasteiger partial charge < -0.3 is 14.1 Å². The number of aromatic amines is 1. The summed E-state index contributed by atoms with van der Waals surface area (Å²) in [5.41, 5.74) is 1.88. The number of H-pyrrole nitrogens is 1. The van der Waals surface area contributed by atoms with E-state index in [2.05, 4.69) is 15.0 Å². The fraction of sp³-hybridized carbons (Fsp3) is 0. The zero-order valence-electron chi connectivity index (χ0n) is 14.6. The second-order valence-electron chi connectivity index (χ2n) is 6.25. The molecule has 0 atom stereocenters. The van der Waals surface area contributed by atoms with Crippen LogP contribution >= 0.6 is 23.2 Å². The van der Waals surface area contributed by atoms with Crippen LogP contribution in [0.15, 0.2) is 65.7 Å². The fourth-order valence-electron chi connectivity index (χ4n) is 3.17. The molecule has 142 valence electrons. The molecule has 1 N–H and O–H groups in total. The first-order chi connectivity index (χ1) is 14.1. The van der Waals surface area contributed by atoms with Crippen molar-refractivity contribution in [3.63, 3.8) is 0 Å². The number of ketones is 1. The number of hydrogen-bond donors (Lipinski definition) is 1. The molecule has 0 aliphatic heterocycles. The lowest BCUT2D eigenvalue weighted by Gasteiger charge is -2.09. The maximum Gasteiger partial charge on any atom is 0.196 e. The van der Waals surface area contributed by atoms with Gasteiger partial charge in [0.15, 0.2) is 5.78 Å². The molecule has 6 nitrogen and oxygen atoms in total. The van der Waals surface area contributed by atoms with Crippen LogP contribution in [-0.2, 0) is 0 Å². The molecule has 0 bridgehead atoms. The lowest BCUT2D eigenvalue weighted by atomic mass is 10.0. The molecule has 0 aliphatic rings. The summed E-state index contributed by atoms with van der Waals surface area (Å²) in [6, 6.07) is 12.2. The number of halogens is 2. The molecule has 0 radical (unpaired) electrons. The van der Waals surface area contributed by atoms with Gasteiger partial charge in [-0.05, 0) is 30.3 Å². The van der Waals surface area contributed by atoms with E-state index in [4.69, 9.17) is 32.4 Å². The number of ether oxygens (including phenoxy) is 1. The molecule has 5 rings (SSSR count). The molecule has 3 heterocycles. The lowest BCUT2D eigenvalue weighted by molar-refractivity contribution is 0.104. The second-order valence-corrected chi connectivity index (χ2v) is 7.02. The Balaban J connectivity index is 1.49. The molecular formula is C21H11Cl2N3O3. The van der Waals surface area contributed by atoms with Crippen molar-refractivity contribution in [1.82, 2.24) is 15.0 Å². The first-order valence-corrected chi connectivity index (χ1v) is 9.33. The summed E-state index contributed by atoms with van der Waals surface area (Å²) >= 11 is 12.5. The monoisotopic (exact) mass is 423 g/mol. The van der Waals surface area contributed by atoms with Crippen molar-refractivity contribution >= 4 is 51.0 Å². The average Bonchev–Trinajstić information content (AvgIpc) is 3.36. The molecule has 0 spiro atoms. The Kier molecular flexibility index (Phi) is 4.23. The zero-order valence-corrected chi connectivity index (χ0v) is 16.2. The van der Waals surface area contributed by atoms with Crippen LogP contribution in [0.4, 0.5) is 0 Å². The Labute approximate surface area is 174 Å². The van der Waals surface area contributed by atoms with Crippen LogP contribution in [0.1, 0.15) is 15.9 Å². The van der Waals surface area contributed by atoms with Crippen molar-refractivity contribution in [2.75, 3.05) is 0 Å². The Hall–Kier alpha value is -3.35. The molecule has 0 fully saturated rings. The van der Waals surface area contributed by atoms with Crippen molar-refractivity contribution in [2.24, 2.45) is 0 Å². The maximum absolute atomic E-state index is 13.0. The highest BCUT2D eigenvalue weighted by Gasteiger charge is 2.20. The molecule has 0 saturated heterocycles. The van der Waals surface area contributed by atoms with Crippen LogP contribution in [0.3, 0.4) is 0 Å². The van der Waals surface area contributed by atoms with E-state index in [1.807, 2.05) is 24.3 Å². The number of furan rings is 1. The van der Waals surface area contributed by atoms with Crippen molar-refractivity contribution < 1.29 is 13.9 Å². The zero-order chi connectivity index (χ0) is 20.0. The molecule has 0 unspecified atom stereocenters. The average molecular weight is 424 g/mol. The molecule has 8 heteroatoms. The van der Waals surface area contributed by atoms with E-state index in [1.165, 1.54) is 6.33 Å². The fourth-order valence-corrected chi connectivity index (χ4v) is 3.67. The number of hydrogen-bond acceptors (Lipinski definition) is 5. The summed E-state index contributed by atoms with van der Waals surface area (Å²) in [6.45, 7) is 0. The third-order valence-corrected chi connectivity index (χ3v) is 5.14. The summed E-state index contributed by atoms with van der Waals surface area (Å²) in [5.74, 6) is 0.842. The van der Waals surface area contributed by atoms with Gasteiger partial charge in [0.1, 0.15) is 34.2 Å². The second kappa shape index (κ2) is 6.92. The molecule has 0 amide bonds. The molecule has 3 aromatic heterocycles. The van der Waals surface area contributed by atoms with E-state index < -0.39 is 0 Å². The number of nitrogens with zero attached hydrogens (tertiary/aromatic N) is 2. The van der Waals surface area contributed by atoms with Gasteiger partial charge in [0, 0.05) is 17.8 Å². The summed E-state index contributed by atoms with van der Waals surface area (Å²) in [5, 5.41) is 1.76. The lowest BCUT2D eigenvalue weighted by Crippen LogP contribution is -2.02. The Morgan fingerprint density at radius 2 is 1.97 bits per heavy atom. The van der Waals surface area contributed by atoms with Gasteiger partial charge in [-0.15, -0.1) is 0 Å². The van der Waals surface area contributed by atoms with Crippen LogP contribution in [0, 0.1) is 0 Å². The number of benzene rings is 2. The van der Waals surface area contributed by atoms with Crippen LogP contribution < -0.4 is 4.74 Å². The van der Waals surface area contributed by atoms with Crippen molar-refractivity contribution in [1.29, 1.82) is 0 Å². The van der Waals surface area contributed by atoms with Gasteiger partial charge in [-0.1, -0.05) is 29.3 Å². The maximum atomic E-state index is 13.0. The minimum Gasteiger partial charge on any atom is -0.464 e. The van der Waals surface area contributed by atoms with E-state index in [-0.39, 0.29) is 16.0 Å². The van der Waals surface area contributed by atoms with Crippen LogP contribution in [0.25, 0.3) is 22.0 Å². The number of carbonyl (C=O) groups excluding carboxylic acids is 1. The van der Waals surface area contributed by atoms with Gasteiger partial charge in [0.2, 0.25) is 0 Å². The highest BCUT2D eigenvalue weighted by Crippen LogP contribution is 2.34. The number of rotatable bonds is 4.